The quantitative estimate of drug-likeness (QED) is 0.0211. The van der Waals surface area contributed by atoms with Gasteiger partial charge < -0.3 is 28.5 Å². The highest BCUT2D eigenvalue weighted by molar-refractivity contribution is 5.71. The van der Waals surface area contributed by atoms with Gasteiger partial charge in [-0.25, -0.2) is 4.79 Å². The third kappa shape index (κ3) is 57.0. The molecule has 0 heterocycles. The third-order valence-electron chi connectivity index (χ3n) is 11.9. The van der Waals surface area contributed by atoms with E-state index in [0.29, 0.717) is 23.9 Å². The smallest absolute Gasteiger partial charge is 0.361 e. The fourth-order valence-electron chi connectivity index (χ4n) is 7.43. The molecule has 9 nitrogen and oxygen atoms in total. The number of unbranched alkanes of at least 4 members (excludes halogenated alkanes) is 15. The number of hydrogen-bond acceptors (Lipinski definition) is 7. The van der Waals surface area contributed by atoms with Crippen molar-refractivity contribution in [2.75, 3.05) is 47.5 Å². The molecule has 0 aromatic carbocycles. The Bertz CT molecular complexity index is 1690. The Hall–Kier alpha value is -4.57. The SMILES string of the molecule is CC/C=C\C/C=C\C/C=C\C/C=C\C/C=C\C/C=C\C/C=C\C/C=C\C/C=C\C/C=C\C/C=C\CCCCCC(=O)OC(COC(=O)CCCCCCCCCCCCCCC)COC(OCC[N+](C)(C)C)C(=O)O. The zero-order valence-electron chi connectivity index (χ0n) is 48.2. The second-order valence-electron chi connectivity index (χ2n) is 20.2. The second kappa shape index (κ2) is 55.7. The summed E-state index contributed by atoms with van der Waals surface area (Å²) >= 11 is 0. The molecular weight excluding hydrogens is 935 g/mol. The van der Waals surface area contributed by atoms with E-state index in [4.69, 9.17) is 18.9 Å². The number of quaternary nitrogens is 1. The largest absolute Gasteiger partial charge is 0.477 e. The van der Waals surface area contributed by atoms with Crippen molar-refractivity contribution >= 4 is 17.9 Å². The first-order valence-electron chi connectivity index (χ1n) is 29.3. The first-order valence-corrected chi connectivity index (χ1v) is 29.3. The summed E-state index contributed by atoms with van der Waals surface area (Å²) in [5, 5.41) is 9.68. The van der Waals surface area contributed by atoms with Crippen LogP contribution in [0.5, 0.6) is 0 Å². The molecule has 0 aromatic heterocycles. The van der Waals surface area contributed by atoms with Gasteiger partial charge in [0.05, 0.1) is 34.4 Å². The number of hydrogen-bond donors (Lipinski definition) is 1. The van der Waals surface area contributed by atoms with E-state index in [1.165, 1.54) is 64.2 Å². The standard InChI is InChI=1S/C66H107NO8/c1-6-8-10-12-14-16-18-20-21-22-23-24-25-26-27-28-29-30-31-32-33-34-35-36-37-38-39-40-41-42-43-45-47-49-51-53-55-57-64(69)75-62(61-74-66(65(70)71)72-59-58-67(3,4)5)60-73-63(68)56-54-52-50-48-46-44-19-17-15-13-11-9-7-2/h8,10,14,16,20-21,23-24,26-27,29-30,32-33,35-36,38-39,41-42,45,47,62,66H,6-7,9,11-13,15,17-19,22,25,28,31,34,37,40,43-44,46,48-61H2,1-5H3/p+1/b10-8-,16-14-,21-20-,24-23-,27-26-,30-29-,33-32-,36-35-,39-38-,42-41-,47-45-. The lowest BCUT2D eigenvalue weighted by Crippen LogP contribution is -2.40. The number of ether oxygens (including phenoxy) is 4. The summed E-state index contributed by atoms with van der Waals surface area (Å²) in [6, 6.07) is 0. The van der Waals surface area contributed by atoms with Gasteiger partial charge in [0.2, 0.25) is 0 Å². The van der Waals surface area contributed by atoms with Gasteiger partial charge in [-0.2, -0.15) is 0 Å². The highest BCUT2D eigenvalue weighted by Crippen LogP contribution is 2.14. The fourth-order valence-corrected chi connectivity index (χ4v) is 7.43. The molecule has 75 heavy (non-hydrogen) atoms. The summed E-state index contributed by atoms with van der Waals surface area (Å²) in [5.74, 6) is -2.06. The van der Waals surface area contributed by atoms with Crippen molar-refractivity contribution in [1.82, 2.24) is 0 Å². The highest BCUT2D eigenvalue weighted by Gasteiger charge is 2.25. The molecule has 9 heteroatoms. The molecule has 0 rings (SSSR count). The molecule has 424 valence electrons. The monoisotopic (exact) mass is 1040 g/mol. The van der Waals surface area contributed by atoms with Crippen molar-refractivity contribution in [2.45, 2.75) is 219 Å². The maximum Gasteiger partial charge on any atom is 0.361 e. The molecule has 0 radical (unpaired) electrons. The molecule has 0 spiro atoms. The van der Waals surface area contributed by atoms with Crippen LogP contribution < -0.4 is 0 Å². The number of esters is 2. The number of rotatable bonds is 52. The summed E-state index contributed by atoms with van der Waals surface area (Å²) in [6.07, 6.45) is 76.8. The third-order valence-corrected chi connectivity index (χ3v) is 11.9. The van der Waals surface area contributed by atoms with Crippen LogP contribution in [-0.2, 0) is 33.3 Å². The van der Waals surface area contributed by atoms with Crippen LogP contribution in [0.2, 0.25) is 0 Å². The van der Waals surface area contributed by atoms with Gasteiger partial charge in [-0.3, -0.25) is 9.59 Å². The Labute approximate surface area is 459 Å². The van der Waals surface area contributed by atoms with E-state index in [-0.39, 0.29) is 32.2 Å². The Morgan fingerprint density at radius 2 is 0.760 bits per heavy atom. The number of nitrogens with zero attached hydrogens (tertiary/aromatic N) is 1. The van der Waals surface area contributed by atoms with Crippen molar-refractivity contribution < 1.29 is 42.9 Å². The number of aliphatic carboxylic acids is 1. The van der Waals surface area contributed by atoms with Crippen LogP contribution in [0.1, 0.15) is 206 Å². The van der Waals surface area contributed by atoms with E-state index in [1.807, 2.05) is 21.1 Å². The minimum absolute atomic E-state index is 0.175. The average molecular weight is 1040 g/mol. The van der Waals surface area contributed by atoms with E-state index in [2.05, 4.69) is 148 Å². The molecule has 1 N–H and O–H groups in total. The van der Waals surface area contributed by atoms with Gasteiger partial charge in [0.25, 0.3) is 6.29 Å². The summed E-state index contributed by atoms with van der Waals surface area (Å²) in [4.78, 5) is 37.3. The lowest BCUT2D eigenvalue weighted by atomic mass is 10.0. The Kier molecular flexibility index (Phi) is 52.3. The molecule has 0 saturated carbocycles. The van der Waals surface area contributed by atoms with Gasteiger partial charge >= 0.3 is 17.9 Å². The van der Waals surface area contributed by atoms with Crippen molar-refractivity contribution in [2.24, 2.45) is 0 Å². The highest BCUT2D eigenvalue weighted by atomic mass is 16.7. The lowest BCUT2D eigenvalue weighted by Gasteiger charge is -2.25. The van der Waals surface area contributed by atoms with Crippen LogP contribution in [0.3, 0.4) is 0 Å². The number of carbonyl (C=O) groups is 3. The Morgan fingerprint density at radius 1 is 0.413 bits per heavy atom. The van der Waals surface area contributed by atoms with Gasteiger partial charge in [0, 0.05) is 12.8 Å². The Morgan fingerprint density at radius 3 is 1.13 bits per heavy atom. The summed E-state index contributed by atoms with van der Waals surface area (Å²) < 4.78 is 22.8. The zero-order valence-corrected chi connectivity index (χ0v) is 48.2. The number of allylic oxidation sites excluding steroid dienone is 22. The van der Waals surface area contributed by atoms with Crippen molar-refractivity contribution in [3.8, 4) is 0 Å². The molecule has 0 fully saturated rings. The van der Waals surface area contributed by atoms with Crippen LogP contribution in [-0.4, -0.2) is 87.4 Å². The fraction of sp³-hybridized carbons (Fsp3) is 0.621. The van der Waals surface area contributed by atoms with Crippen LogP contribution in [0.25, 0.3) is 0 Å². The summed E-state index contributed by atoms with van der Waals surface area (Å²) in [6.45, 7) is 4.70. The van der Waals surface area contributed by atoms with E-state index >= 15 is 0 Å². The van der Waals surface area contributed by atoms with Crippen LogP contribution in [0.4, 0.5) is 0 Å². The summed E-state index contributed by atoms with van der Waals surface area (Å²) in [5.41, 5.74) is 0. The van der Waals surface area contributed by atoms with Gasteiger partial charge in [-0.15, -0.1) is 0 Å². The van der Waals surface area contributed by atoms with E-state index in [0.717, 1.165) is 109 Å². The zero-order chi connectivity index (χ0) is 54.8. The number of carbonyl (C=O) groups excluding carboxylic acids is 2. The molecule has 0 aliphatic rings. The summed E-state index contributed by atoms with van der Waals surface area (Å²) in [7, 11) is 5.94. The molecule has 0 aromatic rings. The Balaban J connectivity index is 4.29. The van der Waals surface area contributed by atoms with E-state index in [9.17, 15) is 19.5 Å². The minimum atomic E-state index is -1.53. The second-order valence-corrected chi connectivity index (χ2v) is 20.2. The number of likely N-dealkylation sites (N-methyl/N-ethyl adjacent to an activating group) is 1. The molecular formula is C66H108NO8+. The first-order chi connectivity index (χ1) is 36.6. The first kappa shape index (κ1) is 70.4. The predicted molar refractivity (Wildman–Crippen MR) is 317 cm³/mol. The van der Waals surface area contributed by atoms with Gasteiger partial charge in [-0.05, 0) is 96.3 Å². The van der Waals surface area contributed by atoms with Crippen LogP contribution in [0, 0.1) is 0 Å². The molecule has 0 aliphatic heterocycles. The molecule has 0 saturated heterocycles. The molecule has 0 bridgehead atoms. The maximum atomic E-state index is 12.8. The van der Waals surface area contributed by atoms with Crippen molar-refractivity contribution in [3.05, 3.63) is 134 Å². The maximum absolute atomic E-state index is 12.8. The topological polar surface area (TPSA) is 108 Å². The van der Waals surface area contributed by atoms with Crippen molar-refractivity contribution in [1.29, 1.82) is 0 Å². The van der Waals surface area contributed by atoms with Gasteiger partial charge in [0.1, 0.15) is 13.2 Å². The predicted octanol–water partition coefficient (Wildman–Crippen LogP) is 17.5. The molecule has 0 aliphatic carbocycles. The van der Waals surface area contributed by atoms with Crippen molar-refractivity contribution in [3.63, 3.8) is 0 Å². The number of carboxylic acid groups (broad SMARTS) is 1. The molecule has 2 atom stereocenters. The van der Waals surface area contributed by atoms with Gasteiger partial charge in [0.15, 0.2) is 6.10 Å². The number of carboxylic acids is 1. The van der Waals surface area contributed by atoms with Crippen LogP contribution in [0.15, 0.2) is 134 Å². The van der Waals surface area contributed by atoms with E-state index in [1.54, 1.807) is 0 Å². The van der Waals surface area contributed by atoms with E-state index < -0.39 is 24.3 Å². The molecule has 2 unspecified atom stereocenters. The van der Waals surface area contributed by atoms with Gasteiger partial charge in [-0.1, -0.05) is 231 Å². The average Bonchev–Trinajstić information content (AvgIpc) is 3.38. The van der Waals surface area contributed by atoms with Crippen LogP contribution >= 0.6 is 0 Å². The molecule has 0 amide bonds. The normalized spacial score (nSPS) is 13.8. The lowest BCUT2D eigenvalue weighted by molar-refractivity contribution is -0.870. The minimum Gasteiger partial charge on any atom is -0.477 e.